The summed E-state index contributed by atoms with van der Waals surface area (Å²) >= 11 is 0. The molecule has 1 aliphatic rings. The van der Waals surface area contributed by atoms with Crippen LogP contribution in [0.2, 0.25) is 0 Å². The molecule has 3 rings (SSSR count). The Hall–Kier alpha value is -2.38. The maximum absolute atomic E-state index is 11.5. The normalized spacial score (nSPS) is 13.6. The lowest BCUT2D eigenvalue weighted by molar-refractivity contribution is 0.0903. The van der Waals surface area contributed by atoms with Gasteiger partial charge in [-0.05, 0) is 29.7 Å². The number of anilines is 2. The highest BCUT2D eigenvalue weighted by Gasteiger charge is 2.20. The highest BCUT2D eigenvalue weighted by molar-refractivity contribution is 7.92. The minimum atomic E-state index is -3.31. The molecule has 0 bridgehead atoms. The molecule has 2 N–H and O–H groups in total. The largest absolute Gasteiger partial charge is 0.388 e. The second-order valence-corrected chi connectivity index (χ2v) is 7.92. The minimum Gasteiger partial charge on any atom is -0.388 e. The Balaban J connectivity index is 1.78. The van der Waals surface area contributed by atoms with Crippen molar-refractivity contribution in [3.8, 4) is 0 Å². The second-order valence-electron chi connectivity index (χ2n) is 6.17. The van der Waals surface area contributed by atoms with Crippen molar-refractivity contribution < 1.29 is 18.3 Å². The van der Waals surface area contributed by atoms with E-state index in [-0.39, 0.29) is 5.78 Å². The lowest BCUT2D eigenvalue weighted by Gasteiger charge is -2.20. The number of ketones is 1. The molecule has 25 heavy (non-hydrogen) atoms. The lowest BCUT2D eigenvalue weighted by atomic mass is 10.1. The summed E-state index contributed by atoms with van der Waals surface area (Å²) in [5.74, 6) is -0.297. The van der Waals surface area contributed by atoms with Crippen LogP contribution >= 0.6 is 0 Å². The first-order valence-electron chi connectivity index (χ1n) is 7.94. The van der Waals surface area contributed by atoms with Crippen LogP contribution in [0.5, 0.6) is 0 Å². The lowest BCUT2D eigenvalue weighted by Crippen LogP contribution is -2.20. The zero-order valence-corrected chi connectivity index (χ0v) is 14.7. The monoisotopic (exact) mass is 360 g/mol. The summed E-state index contributed by atoms with van der Waals surface area (Å²) in [5.41, 5.74) is 4.30. The number of aliphatic hydroxyl groups excluding tert-OH is 1. The third-order valence-electron chi connectivity index (χ3n) is 4.17. The van der Waals surface area contributed by atoms with Crippen molar-refractivity contribution in [3.63, 3.8) is 0 Å². The van der Waals surface area contributed by atoms with Gasteiger partial charge in [0.05, 0.1) is 11.9 Å². The molecule has 0 fully saturated rings. The minimum absolute atomic E-state index is 0.297. The average molecular weight is 360 g/mol. The highest BCUT2D eigenvalue weighted by Crippen LogP contribution is 2.32. The molecule has 7 heteroatoms. The quantitative estimate of drug-likeness (QED) is 0.767. The standard InChI is InChI=1S/C18H20N2O4S/c1-25(23,24)19-16-7-6-14-8-9-20(17(14)10-16)11-13-2-4-15(5-3-13)18(22)12-21/h2-7,10,19,21H,8-9,11-12H2,1H3. The number of benzene rings is 2. The summed E-state index contributed by atoms with van der Waals surface area (Å²) in [6.45, 7) is 1.03. The van der Waals surface area contributed by atoms with Crippen LogP contribution in [-0.4, -0.2) is 38.7 Å². The Morgan fingerprint density at radius 2 is 1.92 bits per heavy atom. The van der Waals surface area contributed by atoms with Gasteiger partial charge in [-0.2, -0.15) is 0 Å². The van der Waals surface area contributed by atoms with Gasteiger partial charge in [0.25, 0.3) is 0 Å². The van der Waals surface area contributed by atoms with Gasteiger partial charge in [-0.1, -0.05) is 30.3 Å². The zero-order valence-electron chi connectivity index (χ0n) is 13.9. The van der Waals surface area contributed by atoms with Crippen LogP contribution in [-0.2, 0) is 23.0 Å². The number of nitrogens with one attached hydrogen (secondary N) is 1. The first kappa shape index (κ1) is 17.4. The third-order valence-corrected chi connectivity index (χ3v) is 4.78. The van der Waals surface area contributed by atoms with Crippen LogP contribution < -0.4 is 9.62 Å². The number of hydrogen-bond acceptors (Lipinski definition) is 5. The van der Waals surface area contributed by atoms with Crippen LogP contribution in [0.3, 0.4) is 0 Å². The molecule has 0 atom stereocenters. The first-order valence-corrected chi connectivity index (χ1v) is 9.83. The van der Waals surface area contributed by atoms with Gasteiger partial charge < -0.3 is 10.0 Å². The number of hydrogen-bond donors (Lipinski definition) is 2. The third kappa shape index (κ3) is 4.18. The molecule has 0 amide bonds. The number of aliphatic hydroxyl groups is 1. The number of carbonyl (C=O) groups excluding carboxylic acids is 1. The van der Waals surface area contributed by atoms with Crippen LogP contribution in [0.25, 0.3) is 0 Å². The van der Waals surface area contributed by atoms with Gasteiger partial charge in [-0.15, -0.1) is 0 Å². The molecule has 0 saturated carbocycles. The van der Waals surface area contributed by atoms with Crippen molar-refractivity contribution in [2.24, 2.45) is 0 Å². The second kappa shape index (κ2) is 6.85. The van der Waals surface area contributed by atoms with Gasteiger partial charge in [0.15, 0.2) is 5.78 Å². The molecule has 0 aliphatic carbocycles. The van der Waals surface area contributed by atoms with Crippen molar-refractivity contribution in [1.29, 1.82) is 0 Å². The summed E-state index contributed by atoms with van der Waals surface area (Å²) in [6, 6.07) is 12.8. The number of sulfonamides is 1. The molecule has 2 aromatic rings. The van der Waals surface area contributed by atoms with Gasteiger partial charge >= 0.3 is 0 Å². The molecular weight excluding hydrogens is 340 g/mol. The van der Waals surface area contributed by atoms with E-state index in [4.69, 9.17) is 5.11 Å². The first-order chi connectivity index (χ1) is 11.9. The molecule has 0 saturated heterocycles. The van der Waals surface area contributed by atoms with Crippen molar-refractivity contribution in [3.05, 3.63) is 59.2 Å². The van der Waals surface area contributed by atoms with Gasteiger partial charge in [0.2, 0.25) is 10.0 Å². The van der Waals surface area contributed by atoms with E-state index in [9.17, 15) is 13.2 Å². The van der Waals surface area contributed by atoms with Crippen LogP contribution in [0.4, 0.5) is 11.4 Å². The summed E-state index contributed by atoms with van der Waals surface area (Å²) in [6.07, 6.45) is 2.04. The summed E-state index contributed by atoms with van der Waals surface area (Å²) in [7, 11) is -3.31. The number of rotatable bonds is 6. The summed E-state index contributed by atoms with van der Waals surface area (Å²) in [4.78, 5) is 13.7. The predicted octanol–water partition coefficient (Wildman–Crippen LogP) is 1.80. The molecule has 0 unspecified atom stereocenters. The fourth-order valence-electron chi connectivity index (χ4n) is 3.00. The molecule has 1 aliphatic heterocycles. The zero-order chi connectivity index (χ0) is 18.0. The van der Waals surface area contributed by atoms with E-state index in [1.165, 1.54) is 5.56 Å². The van der Waals surface area contributed by atoms with E-state index in [0.717, 1.165) is 30.5 Å². The Kier molecular flexibility index (Phi) is 4.78. The Morgan fingerprint density at radius 1 is 1.20 bits per heavy atom. The fourth-order valence-corrected chi connectivity index (χ4v) is 3.55. The van der Waals surface area contributed by atoms with Crippen LogP contribution in [0.15, 0.2) is 42.5 Å². The van der Waals surface area contributed by atoms with E-state index < -0.39 is 16.6 Å². The molecule has 0 spiro atoms. The van der Waals surface area contributed by atoms with E-state index in [1.54, 1.807) is 18.2 Å². The Labute approximate surface area is 147 Å². The van der Waals surface area contributed by atoms with Crippen LogP contribution in [0, 0.1) is 0 Å². The molecule has 0 aromatic heterocycles. The number of carbonyl (C=O) groups is 1. The average Bonchev–Trinajstić information content (AvgIpc) is 2.96. The van der Waals surface area contributed by atoms with E-state index in [0.29, 0.717) is 17.8 Å². The van der Waals surface area contributed by atoms with Crippen molar-refractivity contribution in [2.45, 2.75) is 13.0 Å². The van der Waals surface area contributed by atoms with Crippen molar-refractivity contribution in [2.75, 3.05) is 29.0 Å². The molecule has 1 heterocycles. The van der Waals surface area contributed by atoms with Gasteiger partial charge in [-0.3, -0.25) is 9.52 Å². The van der Waals surface area contributed by atoms with E-state index in [1.807, 2.05) is 24.3 Å². The van der Waals surface area contributed by atoms with Gasteiger partial charge in [0, 0.05) is 24.3 Å². The maximum Gasteiger partial charge on any atom is 0.229 e. The van der Waals surface area contributed by atoms with Crippen LogP contribution in [0.1, 0.15) is 21.5 Å². The SMILES string of the molecule is CS(=O)(=O)Nc1ccc2c(c1)N(Cc1ccc(C(=O)CO)cc1)CC2. The smallest absolute Gasteiger partial charge is 0.229 e. The van der Waals surface area contributed by atoms with Crippen molar-refractivity contribution >= 4 is 27.2 Å². The summed E-state index contributed by atoms with van der Waals surface area (Å²) < 4.78 is 25.3. The molecule has 0 radical (unpaired) electrons. The number of Topliss-reactive ketones (excluding diaryl/α,β-unsaturated/α-hetero) is 1. The van der Waals surface area contributed by atoms with Gasteiger partial charge in [0.1, 0.15) is 6.61 Å². The van der Waals surface area contributed by atoms with Crippen molar-refractivity contribution in [1.82, 2.24) is 0 Å². The molecule has 6 nitrogen and oxygen atoms in total. The summed E-state index contributed by atoms with van der Waals surface area (Å²) in [5, 5.41) is 8.90. The maximum atomic E-state index is 11.5. The molecular formula is C18H20N2O4S. The number of fused-ring (bicyclic) bond motifs is 1. The Morgan fingerprint density at radius 3 is 2.56 bits per heavy atom. The molecule has 132 valence electrons. The van der Waals surface area contributed by atoms with E-state index >= 15 is 0 Å². The van der Waals surface area contributed by atoms with Gasteiger partial charge in [-0.25, -0.2) is 8.42 Å². The predicted molar refractivity (Wildman–Crippen MR) is 97.5 cm³/mol. The fraction of sp³-hybridized carbons (Fsp3) is 0.278. The highest BCUT2D eigenvalue weighted by atomic mass is 32.2. The Bertz CT molecular complexity index is 892. The molecule has 2 aromatic carbocycles. The topological polar surface area (TPSA) is 86.7 Å². The van der Waals surface area contributed by atoms with E-state index in [2.05, 4.69) is 9.62 Å². The number of nitrogens with zero attached hydrogens (tertiary/aromatic N) is 1.